The highest BCUT2D eigenvalue weighted by Crippen LogP contribution is 2.43. The van der Waals surface area contributed by atoms with Crippen molar-refractivity contribution < 1.29 is 24.4 Å². The molecule has 2 heterocycles. The number of amides is 1. The molecule has 146 valence electrons. The molecule has 0 bridgehead atoms. The number of nitrogens with zero attached hydrogens (tertiary/aromatic N) is 3. The van der Waals surface area contributed by atoms with Crippen molar-refractivity contribution in [1.82, 2.24) is 4.98 Å². The maximum atomic E-state index is 12.9. The summed E-state index contributed by atoms with van der Waals surface area (Å²) in [6.07, 6.45) is 0. The van der Waals surface area contributed by atoms with Gasteiger partial charge in [-0.25, -0.2) is 9.78 Å². The fourth-order valence-electron chi connectivity index (χ4n) is 3.21. The number of hydrogen-bond donors (Lipinski definition) is 1. The molecule has 9 nitrogen and oxygen atoms in total. The molecule has 10 heteroatoms. The van der Waals surface area contributed by atoms with E-state index in [1.165, 1.54) is 35.6 Å². The van der Waals surface area contributed by atoms with E-state index in [1.807, 2.05) is 12.1 Å². The molecule has 1 aliphatic rings. The molecule has 29 heavy (non-hydrogen) atoms. The van der Waals surface area contributed by atoms with Crippen LogP contribution in [0.1, 0.15) is 11.6 Å². The molecule has 1 aliphatic heterocycles. The third-order valence-corrected chi connectivity index (χ3v) is 5.53. The van der Waals surface area contributed by atoms with Crippen LogP contribution < -0.4 is 4.90 Å². The van der Waals surface area contributed by atoms with Crippen molar-refractivity contribution in [2.75, 3.05) is 12.0 Å². The predicted octanol–water partition coefficient (Wildman–Crippen LogP) is 3.28. The van der Waals surface area contributed by atoms with Crippen molar-refractivity contribution in [2.24, 2.45) is 0 Å². The number of anilines is 1. The fraction of sp³-hybridized carbons (Fsp3) is 0.105. The van der Waals surface area contributed by atoms with Crippen LogP contribution in [-0.2, 0) is 14.3 Å². The van der Waals surface area contributed by atoms with Gasteiger partial charge in [-0.2, -0.15) is 0 Å². The molecule has 0 aliphatic carbocycles. The molecule has 1 aromatic heterocycles. The highest BCUT2D eigenvalue weighted by atomic mass is 32.1. The average molecular weight is 411 g/mol. The summed E-state index contributed by atoms with van der Waals surface area (Å²) in [5.74, 6) is -2.51. The largest absolute Gasteiger partial charge is 0.503 e. The van der Waals surface area contributed by atoms with Crippen LogP contribution in [0.2, 0.25) is 0 Å². The van der Waals surface area contributed by atoms with Crippen molar-refractivity contribution in [3.05, 3.63) is 75.5 Å². The number of para-hydroxylation sites is 1. The Morgan fingerprint density at radius 3 is 2.72 bits per heavy atom. The van der Waals surface area contributed by atoms with E-state index in [2.05, 4.69) is 4.98 Å². The number of fused-ring (bicyclic) bond motifs is 1. The Labute approximate surface area is 167 Å². The Morgan fingerprint density at radius 1 is 1.28 bits per heavy atom. The summed E-state index contributed by atoms with van der Waals surface area (Å²) in [4.78, 5) is 41.4. The molecule has 1 atom stereocenters. The number of aromatic nitrogens is 1. The van der Waals surface area contributed by atoms with E-state index in [-0.39, 0.29) is 22.0 Å². The van der Waals surface area contributed by atoms with Crippen LogP contribution in [0.3, 0.4) is 0 Å². The zero-order valence-corrected chi connectivity index (χ0v) is 15.8. The molecule has 0 fully saturated rings. The van der Waals surface area contributed by atoms with Gasteiger partial charge in [0.2, 0.25) is 0 Å². The Kier molecular flexibility index (Phi) is 4.47. The zero-order valence-electron chi connectivity index (χ0n) is 14.9. The maximum Gasteiger partial charge on any atom is 0.340 e. The van der Waals surface area contributed by atoms with Gasteiger partial charge in [0, 0.05) is 12.1 Å². The molecule has 1 unspecified atom stereocenters. The lowest BCUT2D eigenvalue weighted by molar-refractivity contribution is -0.384. The Balaban J connectivity index is 1.91. The number of esters is 1. The minimum absolute atomic E-state index is 0.213. The number of ether oxygens (including phenoxy) is 1. The molecule has 0 spiro atoms. The number of nitro benzene ring substituents is 1. The van der Waals surface area contributed by atoms with E-state index < -0.39 is 28.6 Å². The van der Waals surface area contributed by atoms with Gasteiger partial charge in [-0.3, -0.25) is 19.8 Å². The molecule has 0 radical (unpaired) electrons. The first-order valence-electron chi connectivity index (χ1n) is 8.37. The van der Waals surface area contributed by atoms with Gasteiger partial charge in [-0.05, 0) is 17.7 Å². The number of benzene rings is 2. The fourth-order valence-corrected chi connectivity index (χ4v) is 4.20. The van der Waals surface area contributed by atoms with E-state index >= 15 is 0 Å². The Morgan fingerprint density at radius 2 is 2.03 bits per heavy atom. The van der Waals surface area contributed by atoms with E-state index in [9.17, 15) is 24.8 Å². The summed E-state index contributed by atoms with van der Waals surface area (Å²) < 4.78 is 5.54. The molecule has 2 aromatic carbocycles. The van der Waals surface area contributed by atoms with E-state index in [4.69, 9.17) is 4.74 Å². The number of nitro groups is 1. The molecule has 0 saturated heterocycles. The van der Waals surface area contributed by atoms with Gasteiger partial charge >= 0.3 is 5.97 Å². The van der Waals surface area contributed by atoms with Crippen LogP contribution in [-0.4, -0.2) is 34.0 Å². The zero-order chi connectivity index (χ0) is 20.7. The van der Waals surface area contributed by atoms with Gasteiger partial charge in [0.05, 0.1) is 22.2 Å². The molecule has 1 amide bonds. The third kappa shape index (κ3) is 2.99. The first-order chi connectivity index (χ1) is 13.9. The smallest absolute Gasteiger partial charge is 0.340 e. The van der Waals surface area contributed by atoms with Crippen molar-refractivity contribution in [3.63, 3.8) is 0 Å². The second-order valence-corrected chi connectivity index (χ2v) is 7.16. The third-order valence-electron chi connectivity index (χ3n) is 4.50. The van der Waals surface area contributed by atoms with E-state index in [0.29, 0.717) is 5.52 Å². The second-order valence-electron chi connectivity index (χ2n) is 6.15. The van der Waals surface area contributed by atoms with Crippen molar-refractivity contribution in [3.8, 4) is 0 Å². The number of hydrogen-bond acceptors (Lipinski definition) is 8. The molecule has 0 saturated carbocycles. The van der Waals surface area contributed by atoms with Gasteiger partial charge < -0.3 is 9.84 Å². The Hall–Kier alpha value is -3.79. The van der Waals surface area contributed by atoms with E-state index in [0.717, 1.165) is 16.7 Å². The highest BCUT2D eigenvalue weighted by molar-refractivity contribution is 7.22. The molecule has 3 aromatic rings. The predicted molar refractivity (Wildman–Crippen MR) is 105 cm³/mol. The summed E-state index contributed by atoms with van der Waals surface area (Å²) in [6.45, 7) is 0. The number of carbonyl (C=O) groups is 2. The van der Waals surface area contributed by atoms with Crippen LogP contribution in [0.15, 0.2) is 59.9 Å². The van der Waals surface area contributed by atoms with Gasteiger partial charge in [-0.15, -0.1) is 0 Å². The van der Waals surface area contributed by atoms with Crippen molar-refractivity contribution >= 4 is 44.2 Å². The summed E-state index contributed by atoms with van der Waals surface area (Å²) in [7, 11) is 1.12. The standard InChI is InChI=1S/C19H13N3O6S/c1-28-18(25)14-15(10-5-4-6-11(9-10)22(26)27)21(17(24)16(14)23)19-20-12-7-2-3-8-13(12)29-19/h2-9,15,23H,1H3. The van der Waals surface area contributed by atoms with Gasteiger partial charge in [0.1, 0.15) is 11.6 Å². The van der Waals surface area contributed by atoms with Gasteiger partial charge in [0.25, 0.3) is 11.6 Å². The molecular weight excluding hydrogens is 398 g/mol. The first kappa shape index (κ1) is 18.6. The topological polar surface area (TPSA) is 123 Å². The average Bonchev–Trinajstić information content (AvgIpc) is 3.26. The monoisotopic (exact) mass is 411 g/mol. The van der Waals surface area contributed by atoms with Crippen LogP contribution in [0.25, 0.3) is 10.2 Å². The van der Waals surface area contributed by atoms with Crippen molar-refractivity contribution in [1.29, 1.82) is 0 Å². The minimum Gasteiger partial charge on any atom is -0.503 e. The number of aliphatic hydroxyl groups excluding tert-OH is 1. The maximum absolute atomic E-state index is 12.9. The number of non-ortho nitro benzene ring substituents is 1. The summed E-state index contributed by atoms with van der Waals surface area (Å²) in [5.41, 5.74) is 0.410. The SMILES string of the molecule is COC(=O)C1=C(O)C(=O)N(c2nc3ccccc3s2)C1c1cccc([N+](=O)[O-])c1. The van der Waals surface area contributed by atoms with Gasteiger partial charge in [0.15, 0.2) is 10.9 Å². The van der Waals surface area contributed by atoms with Crippen LogP contribution >= 0.6 is 11.3 Å². The summed E-state index contributed by atoms with van der Waals surface area (Å²) in [6, 6.07) is 11.6. The minimum atomic E-state index is -1.12. The number of methoxy groups -OCH3 is 1. The second kappa shape index (κ2) is 6.99. The lowest BCUT2D eigenvalue weighted by atomic mass is 9.99. The number of carbonyl (C=O) groups excluding carboxylic acids is 2. The number of aliphatic hydroxyl groups is 1. The lowest BCUT2D eigenvalue weighted by Crippen LogP contribution is -2.31. The molecular formula is C19H13N3O6S. The number of rotatable bonds is 4. The number of thiazole rings is 1. The quantitative estimate of drug-likeness (QED) is 0.397. The summed E-state index contributed by atoms with van der Waals surface area (Å²) in [5, 5.41) is 21.9. The van der Waals surface area contributed by atoms with Crippen LogP contribution in [0.4, 0.5) is 10.8 Å². The van der Waals surface area contributed by atoms with Crippen molar-refractivity contribution in [2.45, 2.75) is 6.04 Å². The highest BCUT2D eigenvalue weighted by Gasteiger charge is 2.46. The lowest BCUT2D eigenvalue weighted by Gasteiger charge is -2.23. The first-order valence-corrected chi connectivity index (χ1v) is 9.19. The normalized spacial score (nSPS) is 16.5. The van der Waals surface area contributed by atoms with E-state index in [1.54, 1.807) is 12.1 Å². The Bertz CT molecular complexity index is 1170. The van der Waals surface area contributed by atoms with Gasteiger partial charge in [-0.1, -0.05) is 35.6 Å². The summed E-state index contributed by atoms with van der Waals surface area (Å²) >= 11 is 1.20. The van der Waals surface area contributed by atoms with Crippen LogP contribution in [0, 0.1) is 10.1 Å². The van der Waals surface area contributed by atoms with Crippen LogP contribution in [0.5, 0.6) is 0 Å². The molecule has 4 rings (SSSR count). The molecule has 1 N–H and O–H groups in total.